The van der Waals surface area contributed by atoms with Crippen LogP contribution in [0.4, 0.5) is 0 Å². The van der Waals surface area contributed by atoms with Crippen molar-refractivity contribution in [3.8, 4) is 11.5 Å². The molecule has 6 rings (SSSR count). The molecule has 3 aliphatic rings. The molecule has 8 nitrogen and oxygen atoms in total. The Kier molecular flexibility index (Phi) is 5.40. The van der Waals surface area contributed by atoms with E-state index in [0.29, 0.717) is 24.5 Å². The number of para-hydroxylation sites is 1. The van der Waals surface area contributed by atoms with E-state index in [1.54, 1.807) is 9.80 Å². The van der Waals surface area contributed by atoms with Gasteiger partial charge in [-0.05, 0) is 42.4 Å². The van der Waals surface area contributed by atoms with Crippen molar-refractivity contribution < 1.29 is 19.1 Å². The number of aromatic amines is 1. The Morgan fingerprint density at radius 1 is 1.06 bits per heavy atom. The third-order valence-corrected chi connectivity index (χ3v) is 7.64. The fourth-order valence-electron chi connectivity index (χ4n) is 5.74. The molecule has 0 radical (unpaired) electrons. The largest absolute Gasteiger partial charge is 0.454 e. The molecule has 1 fully saturated rings. The topological polar surface area (TPSA) is 78.1 Å². The van der Waals surface area contributed by atoms with Crippen LogP contribution in [0.15, 0.2) is 42.5 Å². The number of carbonyl (C=O) groups excluding carboxylic acids is 2. The standard InChI is InChI=1S/C27H30N4O4/c1-3-29(4-2)11-12-30-15-24(32)31-21(27(30)33)14-19-18-7-5-6-8-20(18)28-25(19)26(31)17-9-10-22-23(13-17)35-16-34-22/h5-10,13,21,26,28H,3-4,11-12,14-16H2,1-2H3/t21-,26-/m1/s1. The maximum absolute atomic E-state index is 13.8. The van der Waals surface area contributed by atoms with Gasteiger partial charge in [0.1, 0.15) is 6.04 Å². The van der Waals surface area contributed by atoms with Crippen LogP contribution in [-0.2, 0) is 16.0 Å². The number of rotatable bonds is 6. The lowest BCUT2D eigenvalue weighted by Gasteiger charge is -2.47. The van der Waals surface area contributed by atoms with E-state index in [0.717, 1.165) is 47.4 Å². The van der Waals surface area contributed by atoms with Gasteiger partial charge in [-0.2, -0.15) is 0 Å². The highest BCUT2D eigenvalue weighted by molar-refractivity contribution is 5.97. The molecule has 4 heterocycles. The summed E-state index contributed by atoms with van der Waals surface area (Å²) in [5, 5.41) is 1.11. The van der Waals surface area contributed by atoms with Crippen molar-refractivity contribution in [2.75, 3.05) is 39.5 Å². The predicted molar refractivity (Wildman–Crippen MR) is 131 cm³/mol. The summed E-state index contributed by atoms with van der Waals surface area (Å²) < 4.78 is 11.1. The number of H-pyrrole nitrogens is 1. The second kappa shape index (κ2) is 8.61. The number of nitrogens with one attached hydrogen (secondary N) is 1. The third kappa shape index (κ3) is 3.55. The van der Waals surface area contributed by atoms with Crippen LogP contribution in [0.3, 0.4) is 0 Å². The van der Waals surface area contributed by atoms with E-state index in [9.17, 15) is 9.59 Å². The highest BCUT2D eigenvalue weighted by Crippen LogP contribution is 2.44. The van der Waals surface area contributed by atoms with Crippen LogP contribution in [0.1, 0.15) is 36.7 Å². The van der Waals surface area contributed by atoms with E-state index >= 15 is 0 Å². The average molecular weight is 475 g/mol. The minimum absolute atomic E-state index is 0.0263. The van der Waals surface area contributed by atoms with Gasteiger partial charge in [0, 0.05) is 36.1 Å². The van der Waals surface area contributed by atoms with Gasteiger partial charge in [0.2, 0.25) is 18.6 Å². The zero-order chi connectivity index (χ0) is 24.1. The molecule has 1 N–H and O–H groups in total. The van der Waals surface area contributed by atoms with Gasteiger partial charge in [-0.1, -0.05) is 38.1 Å². The summed E-state index contributed by atoms with van der Waals surface area (Å²) in [5.41, 5.74) is 4.00. The van der Waals surface area contributed by atoms with Crippen LogP contribution >= 0.6 is 0 Å². The number of hydrogen-bond acceptors (Lipinski definition) is 5. The van der Waals surface area contributed by atoms with E-state index in [1.807, 2.05) is 36.4 Å². The highest BCUT2D eigenvalue weighted by atomic mass is 16.7. The Labute approximate surface area is 204 Å². The van der Waals surface area contributed by atoms with Gasteiger partial charge in [-0.25, -0.2) is 0 Å². The molecule has 2 atom stereocenters. The summed E-state index contributed by atoms with van der Waals surface area (Å²) in [6, 6.07) is 13.0. The first-order valence-corrected chi connectivity index (χ1v) is 12.4. The summed E-state index contributed by atoms with van der Waals surface area (Å²) in [7, 11) is 0. The first kappa shape index (κ1) is 22.0. The Morgan fingerprint density at radius 2 is 1.86 bits per heavy atom. The first-order chi connectivity index (χ1) is 17.1. The lowest BCUT2D eigenvalue weighted by Crippen LogP contribution is -2.63. The van der Waals surface area contributed by atoms with Crippen LogP contribution in [0.25, 0.3) is 10.9 Å². The number of likely N-dealkylation sites (N-methyl/N-ethyl adjacent to an activating group) is 1. The number of piperazine rings is 1. The van der Waals surface area contributed by atoms with Crippen molar-refractivity contribution in [2.24, 2.45) is 0 Å². The molecule has 2 aromatic carbocycles. The number of benzene rings is 2. The summed E-state index contributed by atoms with van der Waals surface area (Å²) in [4.78, 5) is 36.8. The average Bonchev–Trinajstić information content (AvgIpc) is 3.50. The molecule has 0 aliphatic carbocycles. The monoisotopic (exact) mass is 474 g/mol. The molecule has 0 unspecified atom stereocenters. The van der Waals surface area contributed by atoms with E-state index in [2.05, 4.69) is 29.8 Å². The number of aromatic nitrogens is 1. The lowest BCUT2D eigenvalue weighted by molar-refractivity contribution is -0.158. The minimum Gasteiger partial charge on any atom is -0.454 e. The van der Waals surface area contributed by atoms with Gasteiger partial charge in [0.15, 0.2) is 11.5 Å². The van der Waals surface area contributed by atoms with Gasteiger partial charge in [-0.15, -0.1) is 0 Å². The third-order valence-electron chi connectivity index (χ3n) is 7.64. The molecule has 0 spiro atoms. The van der Waals surface area contributed by atoms with Gasteiger partial charge >= 0.3 is 0 Å². The summed E-state index contributed by atoms with van der Waals surface area (Å²) in [6.45, 7) is 7.70. The van der Waals surface area contributed by atoms with Gasteiger partial charge in [0.25, 0.3) is 0 Å². The SMILES string of the molecule is CCN(CC)CCN1CC(=O)N2[C@H](c3ccc4c(c3)OCO4)c3[nH]c4ccccc4c3C[C@@H]2C1=O. The first-order valence-electron chi connectivity index (χ1n) is 12.4. The Bertz CT molecular complexity index is 1300. The quantitative estimate of drug-likeness (QED) is 0.595. The molecular formula is C27H30N4O4. The summed E-state index contributed by atoms with van der Waals surface area (Å²) in [6.07, 6.45) is 0.507. The molecule has 0 saturated carbocycles. The summed E-state index contributed by atoms with van der Waals surface area (Å²) >= 11 is 0. The maximum Gasteiger partial charge on any atom is 0.246 e. The van der Waals surface area contributed by atoms with Crippen molar-refractivity contribution in [3.63, 3.8) is 0 Å². The molecule has 1 aromatic heterocycles. The van der Waals surface area contributed by atoms with E-state index in [1.165, 1.54) is 0 Å². The van der Waals surface area contributed by atoms with Crippen molar-refractivity contribution in [1.82, 2.24) is 19.7 Å². The molecule has 182 valence electrons. The number of amides is 2. The Morgan fingerprint density at radius 3 is 2.69 bits per heavy atom. The fraction of sp³-hybridized carbons (Fsp3) is 0.407. The normalized spacial score (nSPS) is 21.1. The van der Waals surface area contributed by atoms with Gasteiger partial charge in [-0.3, -0.25) is 9.59 Å². The second-order valence-corrected chi connectivity index (χ2v) is 9.39. The molecule has 3 aliphatic heterocycles. The Balaban J connectivity index is 1.42. The van der Waals surface area contributed by atoms with E-state index in [4.69, 9.17) is 9.47 Å². The second-order valence-electron chi connectivity index (χ2n) is 9.39. The highest BCUT2D eigenvalue weighted by Gasteiger charge is 2.48. The summed E-state index contributed by atoms with van der Waals surface area (Å²) in [5.74, 6) is 1.36. The van der Waals surface area contributed by atoms with Crippen molar-refractivity contribution in [3.05, 3.63) is 59.3 Å². The van der Waals surface area contributed by atoms with Crippen LogP contribution in [0, 0.1) is 0 Å². The lowest BCUT2D eigenvalue weighted by atomic mass is 9.86. The number of nitrogens with zero attached hydrogens (tertiary/aromatic N) is 3. The van der Waals surface area contributed by atoms with Crippen LogP contribution < -0.4 is 9.47 Å². The fourth-order valence-corrected chi connectivity index (χ4v) is 5.74. The number of hydrogen-bond donors (Lipinski definition) is 1. The Hall–Kier alpha value is -3.52. The zero-order valence-corrected chi connectivity index (χ0v) is 20.1. The number of ether oxygens (including phenoxy) is 2. The zero-order valence-electron chi connectivity index (χ0n) is 20.1. The molecular weight excluding hydrogens is 444 g/mol. The molecule has 0 bridgehead atoms. The van der Waals surface area contributed by atoms with Crippen LogP contribution in [-0.4, -0.2) is 77.1 Å². The van der Waals surface area contributed by atoms with E-state index < -0.39 is 12.1 Å². The molecule has 35 heavy (non-hydrogen) atoms. The van der Waals surface area contributed by atoms with Gasteiger partial charge < -0.3 is 29.2 Å². The van der Waals surface area contributed by atoms with Crippen LogP contribution in [0.2, 0.25) is 0 Å². The van der Waals surface area contributed by atoms with Crippen molar-refractivity contribution in [1.29, 1.82) is 0 Å². The molecule has 1 saturated heterocycles. The minimum atomic E-state index is -0.532. The number of fused-ring (bicyclic) bond motifs is 5. The maximum atomic E-state index is 13.8. The van der Waals surface area contributed by atoms with Crippen molar-refractivity contribution >= 4 is 22.7 Å². The van der Waals surface area contributed by atoms with Crippen molar-refractivity contribution in [2.45, 2.75) is 32.4 Å². The van der Waals surface area contributed by atoms with Gasteiger partial charge in [0.05, 0.1) is 12.6 Å². The smallest absolute Gasteiger partial charge is 0.246 e. The molecule has 8 heteroatoms. The van der Waals surface area contributed by atoms with E-state index in [-0.39, 0.29) is 25.2 Å². The number of carbonyl (C=O) groups is 2. The molecule has 2 amide bonds. The van der Waals surface area contributed by atoms with Crippen LogP contribution in [0.5, 0.6) is 11.5 Å². The molecule has 3 aromatic rings. The predicted octanol–water partition coefficient (Wildman–Crippen LogP) is 2.92.